The van der Waals surface area contributed by atoms with E-state index in [2.05, 4.69) is 15.0 Å². The van der Waals surface area contributed by atoms with Crippen molar-refractivity contribution in [3.05, 3.63) is 45.9 Å². The Bertz CT molecular complexity index is 617. The van der Waals surface area contributed by atoms with Crippen LogP contribution in [-0.4, -0.2) is 18.1 Å². The molecule has 0 radical (unpaired) electrons. The van der Waals surface area contributed by atoms with Crippen molar-refractivity contribution in [3.8, 4) is 0 Å². The van der Waals surface area contributed by atoms with Crippen molar-refractivity contribution >= 4 is 23.0 Å². The molecule has 0 aliphatic rings. The molecule has 0 fully saturated rings. The number of carbonyl (C=O) groups is 1. The summed E-state index contributed by atoms with van der Waals surface area (Å²) in [5, 5.41) is 2.88. The van der Waals surface area contributed by atoms with Gasteiger partial charge in [0.15, 0.2) is 0 Å². The molecule has 2 rings (SSSR count). The number of hydrogen-bond acceptors (Lipinski definition) is 5. The van der Waals surface area contributed by atoms with Crippen LogP contribution in [0.25, 0.3) is 0 Å². The number of benzene rings is 1. The SMILES string of the molecule is COC(=O)c1cc(NC(C)c2cncs2)c(F)cc1F. The number of esters is 1. The third-order valence-corrected chi connectivity index (χ3v) is 3.67. The number of nitrogens with zero attached hydrogens (tertiary/aromatic N) is 1. The first kappa shape index (κ1) is 14.4. The number of carbonyl (C=O) groups excluding carboxylic acids is 1. The molecule has 1 atom stereocenters. The highest BCUT2D eigenvalue weighted by molar-refractivity contribution is 7.09. The maximum atomic E-state index is 13.7. The van der Waals surface area contributed by atoms with Crippen molar-refractivity contribution in [1.82, 2.24) is 4.98 Å². The second kappa shape index (κ2) is 5.96. The van der Waals surface area contributed by atoms with Crippen LogP contribution in [0.1, 0.15) is 28.2 Å². The Hall–Kier alpha value is -2.02. The van der Waals surface area contributed by atoms with Gasteiger partial charge in [-0.05, 0) is 13.0 Å². The van der Waals surface area contributed by atoms with Gasteiger partial charge >= 0.3 is 5.97 Å². The molecule has 0 bridgehead atoms. The van der Waals surface area contributed by atoms with E-state index in [4.69, 9.17) is 0 Å². The van der Waals surface area contributed by atoms with Crippen LogP contribution in [0.15, 0.2) is 23.8 Å². The first-order chi connectivity index (χ1) is 9.52. The highest BCUT2D eigenvalue weighted by Gasteiger charge is 2.18. The van der Waals surface area contributed by atoms with Crippen LogP contribution in [0.3, 0.4) is 0 Å². The summed E-state index contributed by atoms with van der Waals surface area (Å²) in [6, 6.07) is 1.55. The van der Waals surface area contributed by atoms with Gasteiger partial charge in [0, 0.05) is 17.1 Å². The number of ether oxygens (including phenoxy) is 1. The molecule has 0 aliphatic heterocycles. The maximum Gasteiger partial charge on any atom is 0.340 e. The van der Waals surface area contributed by atoms with Gasteiger partial charge in [0.1, 0.15) is 11.6 Å². The van der Waals surface area contributed by atoms with Gasteiger partial charge in [-0.1, -0.05) is 0 Å². The number of nitrogens with one attached hydrogen (secondary N) is 1. The predicted octanol–water partition coefficient (Wildman–Crippen LogP) is 3.38. The number of thiazole rings is 1. The first-order valence-corrected chi connectivity index (χ1v) is 6.63. The monoisotopic (exact) mass is 298 g/mol. The molecular weight excluding hydrogens is 286 g/mol. The lowest BCUT2D eigenvalue weighted by Gasteiger charge is -2.15. The van der Waals surface area contributed by atoms with Crippen molar-refractivity contribution in [2.24, 2.45) is 0 Å². The van der Waals surface area contributed by atoms with Gasteiger partial charge in [0.05, 0.1) is 29.9 Å². The second-order valence-corrected chi connectivity index (χ2v) is 4.99. The average molecular weight is 298 g/mol. The molecule has 2 aromatic rings. The van der Waals surface area contributed by atoms with E-state index in [1.165, 1.54) is 11.3 Å². The smallest absolute Gasteiger partial charge is 0.340 e. The minimum atomic E-state index is -0.953. The first-order valence-electron chi connectivity index (χ1n) is 5.75. The second-order valence-electron chi connectivity index (χ2n) is 4.07. The topological polar surface area (TPSA) is 51.2 Å². The van der Waals surface area contributed by atoms with E-state index in [9.17, 15) is 13.6 Å². The van der Waals surface area contributed by atoms with Gasteiger partial charge in [-0.2, -0.15) is 0 Å². The van der Waals surface area contributed by atoms with Crippen LogP contribution in [0, 0.1) is 11.6 Å². The molecule has 1 heterocycles. The van der Waals surface area contributed by atoms with Crippen LogP contribution >= 0.6 is 11.3 Å². The summed E-state index contributed by atoms with van der Waals surface area (Å²) in [5.41, 5.74) is 1.38. The van der Waals surface area contributed by atoms with Gasteiger partial charge in [-0.25, -0.2) is 13.6 Å². The van der Waals surface area contributed by atoms with E-state index in [0.717, 1.165) is 18.1 Å². The number of aromatic nitrogens is 1. The maximum absolute atomic E-state index is 13.7. The van der Waals surface area contributed by atoms with Crippen LogP contribution in [-0.2, 0) is 4.74 Å². The van der Waals surface area contributed by atoms with Gasteiger partial charge in [-0.3, -0.25) is 4.98 Å². The Balaban J connectivity index is 2.29. The van der Waals surface area contributed by atoms with Gasteiger partial charge < -0.3 is 10.1 Å². The van der Waals surface area contributed by atoms with Gasteiger partial charge in [0.2, 0.25) is 0 Å². The minimum Gasteiger partial charge on any atom is -0.465 e. The van der Waals surface area contributed by atoms with Crippen LogP contribution in [0.2, 0.25) is 0 Å². The highest BCUT2D eigenvalue weighted by Crippen LogP contribution is 2.26. The fraction of sp³-hybridized carbons (Fsp3) is 0.231. The third-order valence-electron chi connectivity index (χ3n) is 2.71. The number of rotatable bonds is 4. The lowest BCUT2D eigenvalue weighted by atomic mass is 10.1. The van der Waals surface area contributed by atoms with Gasteiger partial charge in [-0.15, -0.1) is 11.3 Å². The fourth-order valence-corrected chi connectivity index (χ4v) is 2.30. The number of hydrogen-bond donors (Lipinski definition) is 1. The molecule has 106 valence electrons. The Kier molecular flexibility index (Phi) is 4.29. The molecule has 4 nitrogen and oxygen atoms in total. The van der Waals surface area contributed by atoms with E-state index in [1.807, 2.05) is 6.92 Å². The molecule has 0 amide bonds. The summed E-state index contributed by atoms with van der Waals surface area (Å²) in [6.07, 6.45) is 1.66. The minimum absolute atomic E-state index is 0.0349. The van der Waals surface area contributed by atoms with Crippen molar-refractivity contribution in [2.45, 2.75) is 13.0 Å². The Morgan fingerprint density at radius 2 is 2.15 bits per heavy atom. The average Bonchev–Trinajstić information content (AvgIpc) is 2.95. The Morgan fingerprint density at radius 1 is 1.40 bits per heavy atom. The van der Waals surface area contributed by atoms with Crippen molar-refractivity contribution in [2.75, 3.05) is 12.4 Å². The quantitative estimate of drug-likeness (QED) is 0.879. The zero-order chi connectivity index (χ0) is 14.7. The summed E-state index contributed by atoms with van der Waals surface area (Å²) in [7, 11) is 1.14. The summed E-state index contributed by atoms with van der Waals surface area (Å²) in [6.45, 7) is 1.81. The summed E-state index contributed by atoms with van der Waals surface area (Å²) < 4.78 is 31.7. The molecule has 0 spiro atoms. The third kappa shape index (κ3) is 2.93. The molecule has 0 saturated carbocycles. The lowest BCUT2D eigenvalue weighted by Crippen LogP contribution is -2.10. The lowest BCUT2D eigenvalue weighted by molar-refractivity contribution is 0.0595. The van der Waals surface area contributed by atoms with E-state index in [-0.39, 0.29) is 17.3 Å². The van der Waals surface area contributed by atoms with Crippen molar-refractivity contribution in [3.63, 3.8) is 0 Å². The summed E-state index contributed by atoms with van der Waals surface area (Å²) >= 11 is 1.41. The molecule has 1 unspecified atom stereocenters. The summed E-state index contributed by atoms with van der Waals surface area (Å²) in [4.78, 5) is 16.2. The molecule has 0 saturated heterocycles. The van der Waals surface area contributed by atoms with Gasteiger partial charge in [0.25, 0.3) is 0 Å². The Labute approximate surface area is 118 Å². The molecule has 1 aromatic carbocycles. The zero-order valence-corrected chi connectivity index (χ0v) is 11.6. The highest BCUT2D eigenvalue weighted by atomic mass is 32.1. The summed E-state index contributed by atoms with van der Waals surface area (Å²) in [5.74, 6) is -2.58. The standard InChI is InChI=1S/C13H12F2N2O2S/c1-7(12-5-16-6-20-12)17-11-3-8(13(18)19-2)9(14)4-10(11)15/h3-7,17H,1-2H3. The van der Waals surface area contributed by atoms with E-state index in [1.54, 1.807) is 11.7 Å². The van der Waals surface area contributed by atoms with Crippen molar-refractivity contribution in [1.29, 1.82) is 0 Å². The van der Waals surface area contributed by atoms with Crippen molar-refractivity contribution < 1.29 is 18.3 Å². The predicted molar refractivity (Wildman–Crippen MR) is 71.8 cm³/mol. The largest absolute Gasteiger partial charge is 0.465 e. The van der Waals surface area contributed by atoms with E-state index >= 15 is 0 Å². The van der Waals surface area contributed by atoms with Crippen LogP contribution in [0.5, 0.6) is 0 Å². The number of halogens is 2. The van der Waals surface area contributed by atoms with E-state index < -0.39 is 17.6 Å². The molecule has 20 heavy (non-hydrogen) atoms. The molecule has 7 heteroatoms. The molecule has 1 aromatic heterocycles. The number of anilines is 1. The normalized spacial score (nSPS) is 12.0. The van der Waals surface area contributed by atoms with E-state index in [0.29, 0.717) is 6.07 Å². The number of methoxy groups -OCH3 is 1. The fourth-order valence-electron chi connectivity index (χ4n) is 1.67. The van der Waals surface area contributed by atoms with Crippen LogP contribution in [0.4, 0.5) is 14.5 Å². The molecule has 1 N–H and O–H groups in total. The van der Waals surface area contributed by atoms with Crippen LogP contribution < -0.4 is 5.32 Å². The molecular formula is C13H12F2N2O2S. The Morgan fingerprint density at radius 3 is 2.75 bits per heavy atom. The zero-order valence-electron chi connectivity index (χ0n) is 10.8. The molecule has 0 aliphatic carbocycles.